The molecule has 2 rings (SSSR count). The number of nitrogens with zero attached hydrogens (tertiary/aromatic N) is 2. The molecule has 0 radical (unpaired) electrons. The second-order valence-electron chi connectivity index (χ2n) is 5.24. The van der Waals surface area contributed by atoms with E-state index < -0.39 is 5.97 Å². The third kappa shape index (κ3) is 3.85. The molecule has 0 saturated heterocycles. The van der Waals surface area contributed by atoms with Crippen molar-refractivity contribution in [3.05, 3.63) is 47.5 Å². The minimum absolute atomic E-state index is 0.210. The minimum atomic E-state index is -0.459. The van der Waals surface area contributed by atoms with Crippen molar-refractivity contribution < 1.29 is 14.3 Å². The first kappa shape index (κ1) is 16.0. The van der Waals surface area contributed by atoms with E-state index in [0.29, 0.717) is 13.2 Å². The van der Waals surface area contributed by atoms with Gasteiger partial charge in [0.15, 0.2) is 5.69 Å². The van der Waals surface area contributed by atoms with Gasteiger partial charge in [-0.25, -0.2) is 9.78 Å². The Balaban J connectivity index is 1.92. The highest BCUT2D eigenvalue weighted by Crippen LogP contribution is 2.22. The van der Waals surface area contributed by atoms with Crippen molar-refractivity contribution in [1.29, 1.82) is 0 Å². The summed E-state index contributed by atoms with van der Waals surface area (Å²) in [6.07, 6.45) is 3.18. The zero-order chi connectivity index (χ0) is 16.1. The highest BCUT2D eigenvalue weighted by atomic mass is 16.5. The number of imidazole rings is 1. The lowest BCUT2D eigenvalue weighted by molar-refractivity contribution is 0.0594. The summed E-state index contributed by atoms with van der Waals surface area (Å²) in [5, 5.41) is 0. The van der Waals surface area contributed by atoms with Crippen LogP contribution in [0.3, 0.4) is 0 Å². The molecule has 118 valence electrons. The second kappa shape index (κ2) is 7.09. The van der Waals surface area contributed by atoms with E-state index in [9.17, 15) is 4.79 Å². The van der Waals surface area contributed by atoms with Gasteiger partial charge in [-0.2, -0.15) is 0 Å². The lowest BCUT2D eigenvalue weighted by Gasteiger charge is -2.16. The summed E-state index contributed by atoms with van der Waals surface area (Å²) in [6.45, 7) is 4.91. The van der Waals surface area contributed by atoms with Gasteiger partial charge in [0.2, 0.25) is 0 Å². The van der Waals surface area contributed by atoms with Crippen molar-refractivity contribution >= 4 is 5.97 Å². The molecule has 0 bridgehead atoms. The predicted molar refractivity (Wildman–Crippen MR) is 83.0 cm³/mol. The number of ether oxygens (including phenoxy) is 2. The maximum absolute atomic E-state index is 11.3. The van der Waals surface area contributed by atoms with Gasteiger partial charge in [-0.3, -0.25) is 0 Å². The molecular formula is C16H21N3O3. The topological polar surface area (TPSA) is 79.4 Å². The molecule has 1 aromatic heterocycles. The van der Waals surface area contributed by atoms with E-state index in [-0.39, 0.29) is 11.7 Å². The molecule has 0 saturated carbocycles. The van der Waals surface area contributed by atoms with Crippen LogP contribution in [0.5, 0.6) is 5.75 Å². The summed E-state index contributed by atoms with van der Waals surface area (Å²) in [5.41, 5.74) is 8.52. The maximum Gasteiger partial charge on any atom is 0.358 e. The first-order valence-corrected chi connectivity index (χ1v) is 7.06. The summed E-state index contributed by atoms with van der Waals surface area (Å²) in [7, 11) is 1.32. The molecule has 1 heterocycles. The lowest BCUT2D eigenvalue weighted by atomic mass is 10.1. The number of esters is 1. The number of hydrogen-bond donors (Lipinski definition) is 1. The van der Waals surface area contributed by atoms with Gasteiger partial charge in [-0.1, -0.05) is 18.2 Å². The number of nitrogens with two attached hydrogens (primary N) is 1. The lowest BCUT2D eigenvalue weighted by Crippen LogP contribution is -2.32. The van der Waals surface area contributed by atoms with E-state index in [0.717, 1.165) is 16.9 Å². The zero-order valence-corrected chi connectivity index (χ0v) is 13.1. The molecule has 1 atom stereocenters. The molecule has 0 amide bonds. The Morgan fingerprint density at radius 3 is 2.68 bits per heavy atom. The fourth-order valence-corrected chi connectivity index (χ4v) is 2.21. The summed E-state index contributed by atoms with van der Waals surface area (Å²) < 4.78 is 12.2. The Hall–Kier alpha value is -2.34. The van der Waals surface area contributed by atoms with Crippen LogP contribution in [0.15, 0.2) is 30.7 Å². The second-order valence-corrected chi connectivity index (χ2v) is 5.24. The Bertz CT molecular complexity index is 632. The van der Waals surface area contributed by atoms with Crippen LogP contribution in [0, 0.1) is 13.8 Å². The molecule has 22 heavy (non-hydrogen) atoms. The number of carbonyl (C=O) groups excluding carboxylic acids is 1. The van der Waals surface area contributed by atoms with Gasteiger partial charge < -0.3 is 19.8 Å². The molecule has 6 nitrogen and oxygen atoms in total. The average Bonchev–Trinajstić information content (AvgIpc) is 2.94. The molecule has 0 aliphatic carbocycles. The van der Waals surface area contributed by atoms with E-state index >= 15 is 0 Å². The normalized spacial score (nSPS) is 12.0. The van der Waals surface area contributed by atoms with Crippen LogP contribution in [0.2, 0.25) is 0 Å². The van der Waals surface area contributed by atoms with Gasteiger partial charge in [0.25, 0.3) is 0 Å². The number of methoxy groups -OCH3 is 1. The first-order valence-electron chi connectivity index (χ1n) is 7.06. The van der Waals surface area contributed by atoms with Crippen molar-refractivity contribution in [1.82, 2.24) is 9.55 Å². The average molecular weight is 303 g/mol. The van der Waals surface area contributed by atoms with E-state index in [1.54, 1.807) is 17.1 Å². The van der Waals surface area contributed by atoms with Gasteiger partial charge in [0.1, 0.15) is 12.4 Å². The van der Waals surface area contributed by atoms with Crippen molar-refractivity contribution in [2.75, 3.05) is 13.7 Å². The molecule has 0 aliphatic heterocycles. The predicted octanol–water partition coefficient (Wildman–Crippen LogP) is 1.69. The summed E-state index contributed by atoms with van der Waals surface area (Å²) in [6, 6.07) is 5.80. The zero-order valence-electron chi connectivity index (χ0n) is 13.1. The van der Waals surface area contributed by atoms with Gasteiger partial charge in [0.05, 0.1) is 19.5 Å². The number of rotatable bonds is 6. The van der Waals surface area contributed by atoms with Crippen molar-refractivity contribution in [3.63, 3.8) is 0 Å². The molecule has 0 aliphatic rings. The van der Waals surface area contributed by atoms with Gasteiger partial charge >= 0.3 is 5.97 Å². The third-order valence-electron chi connectivity index (χ3n) is 3.32. The molecule has 1 unspecified atom stereocenters. The van der Waals surface area contributed by atoms with Crippen molar-refractivity contribution in [2.45, 2.75) is 26.4 Å². The van der Waals surface area contributed by atoms with Crippen LogP contribution in [0.1, 0.15) is 21.6 Å². The Morgan fingerprint density at radius 1 is 1.36 bits per heavy atom. The van der Waals surface area contributed by atoms with E-state index in [4.69, 9.17) is 10.5 Å². The standard InChI is InChI=1S/C16H21N3O3/c1-11-5-4-6-12(2)15(11)22-9-13(17)7-19-8-14(18-10-19)16(20)21-3/h4-6,8,10,13H,7,9,17H2,1-3H3. The molecule has 2 aromatic rings. The molecule has 0 fully saturated rings. The Morgan fingerprint density at radius 2 is 2.05 bits per heavy atom. The largest absolute Gasteiger partial charge is 0.491 e. The molecular weight excluding hydrogens is 282 g/mol. The molecule has 1 aromatic carbocycles. The monoisotopic (exact) mass is 303 g/mol. The molecule has 2 N–H and O–H groups in total. The maximum atomic E-state index is 11.3. The van der Waals surface area contributed by atoms with Crippen LogP contribution in [0.4, 0.5) is 0 Å². The minimum Gasteiger partial charge on any atom is -0.491 e. The van der Waals surface area contributed by atoms with E-state index in [1.807, 2.05) is 32.0 Å². The smallest absolute Gasteiger partial charge is 0.358 e. The van der Waals surface area contributed by atoms with Crippen molar-refractivity contribution in [3.8, 4) is 5.75 Å². The summed E-state index contributed by atoms with van der Waals surface area (Å²) in [4.78, 5) is 15.3. The van der Waals surface area contributed by atoms with Crippen LogP contribution in [-0.2, 0) is 11.3 Å². The fourth-order valence-electron chi connectivity index (χ4n) is 2.21. The first-order chi connectivity index (χ1) is 10.5. The fraction of sp³-hybridized carbons (Fsp3) is 0.375. The van der Waals surface area contributed by atoms with Crippen molar-refractivity contribution in [2.24, 2.45) is 5.73 Å². The van der Waals surface area contributed by atoms with Crippen LogP contribution >= 0.6 is 0 Å². The highest BCUT2D eigenvalue weighted by molar-refractivity contribution is 5.86. The molecule has 0 spiro atoms. The number of hydrogen-bond acceptors (Lipinski definition) is 5. The van der Waals surface area contributed by atoms with Gasteiger partial charge in [-0.05, 0) is 25.0 Å². The number of aromatic nitrogens is 2. The highest BCUT2D eigenvalue weighted by Gasteiger charge is 2.12. The van der Waals surface area contributed by atoms with E-state index in [2.05, 4.69) is 9.72 Å². The Labute approximate surface area is 129 Å². The Kier molecular flexibility index (Phi) is 5.16. The number of aryl methyl sites for hydroxylation is 2. The van der Waals surface area contributed by atoms with Crippen LogP contribution < -0.4 is 10.5 Å². The van der Waals surface area contributed by atoms with Gasteiger partial charge in [0, 0.05) is 12.7 Å². The number of para-hydroxylation sites is 1. The summed E-state index contributed by atoms with van der Waals surface area (Å²) >= 11 is 0. The van der Waals surface area contributed by atoms with Crippen LogP contribution in [0.25, 0.3) is 0 Å². The quantitative estimate of drug-likeness (QED) is 0.822. The SMILES string of the molecule is COC(=O)c1cn(CC(N)COc2c(C)cccc2C)cn1. The third-order valence-corrected chi connectivity index (χ3v) is 3.32. The number of benzene rings is 1. The van der Waals surface area contributed by atoms with E-state index in [1.165, 1.54) is 7.11 Å². The van der Waals surface area contributed by atoms with Crippen LogP contribution in [-0.4, -0.2) is 35.3 Å². The summed E-state index contributed by atoms with van der Waals surface area (Å²) in [5.74, 6) is 0.415. The number of carbonyl (C=O) groups is 1. The van der Waals surface area contributed by atoms with Gasteiger partial charge in [-0.15, -0.1) is 0 Å². The molecule has 6 heteroatoms.